The highest BCUT2D eigenvalue weighted by Crippen LogP contribution is 2.33. The van der Waals surface area contributed by atoms with Crippen molar-refractivity contribution in [2.24, 2.45) is 0 Å². The first-order valence-electron chi connectivity index (χ1n) is 10.8. The van der Waals surface area contributed by atoms with Gasteiger partial charge in [-0.3, -0.25) is 24.3 Å². The molecular weight excluding hydrogens is 422 g/mol. The smallest absolute Gasteiger partial charge is 0.293 e. The van der Waals surface area contributed by atoms with Gasteiger partial charge in [-0.1, -0.05) is 48.6 Å². The minimum absolute atomic E-state index is 0.00267. The average Bonchev–Trinajstić information content (AvgIpc) is 3.11. The Hall–Kier alpha value is -3.19. The van der Waals surface area contributed by atoms with Crippen LogP contribution in [-0.4, -0.2) is 44.9 Å². The first-order chi connectivity index (χ1) is 15.6. The number of likely N-dealkylation sites (tertiary alicyclic amines) is 1. The van der Waals surface area contributed by atoms with Gasteiger partial charge >= 0.3 is 0 Å². The molecular formula is C25H25N3O3S. The highest BCUT2D eigenvalue weighted by atomic mass is 32.2. The maximum absolute atomic E-state index is 13.0. The number of imide groups is 1. The number of benzene rings is 1. The summed E-state index contributed by atoms with van der Waals surface area (Å²) < 4.78 is 0. The molecule has 0 N–H and O–H groups in total. The lowest BCUT2D eigenvalue weighted by atomic mass is 9.96. The number of hydrogen-bond donors (Lipinski definition) is 0. The summed E-state index contributed by atoms with van der Waals surface area (Å²) in [5.74, 6) is -0.376. The van der Waals surface area contributed by atoms with Crippen LogP contribution < -0.4 is 0 Å². The van der Waals surface area contributed by atoms with E-state index >= 15 is 0 Å². The Morgan fingerprint density at radius 2 is 1.97 bits per heavy atom. The third-order valence-corrected chi connectivity index (χ3v) is 6.58. The zero-order valence-corrected chi connectivity index (χ0v) is 18.5. The Bertz CT molecular complexity index is 1040. The van der Waals surface area contributed by atoms with Gasteiger partial charge in [0.1, 0.15) is 0 Å². The number of pyridine rings is 1. The first-order valence-corrected chi connectivity index (χ1v) is 11.6. The largest absolute Gasteiger partial charge is 0.336 e. The number of hydrogen-bond acceptors (Lipinski definition) is 5. The van der Waals surface area contributed by atoms with Gasteiger partial charge < -0.3 is 4.90 Å². The second kappa shape index (κ2) is 10.4. The molecule has 3 amide bonds. The fraction of sp³-hybridized carbons (Fsp3) is 0.280. The molecule has 2 aromatic rings. The van der Waals surface area contributed by atoms with Crippen molar-refractivity contribution in [3.8, 4) is 0 Å². The summed E-state index contributed by atoms with van der Waals surface area (Å²) in [6.07, 6.45) is 11.9. The van der Waals surface area contributed by atoms with Gasteiger partial charge in [-0.2, -0.15) is 0 Å². The molecule has 1 aromatic carbocycles. The highest BCUT2D eigenvalue weighted by Gasteiger charge is 2.36. The van der Waals surface area contributed by atoms with Gasteiger partial charge in [-0.05, 0) is 54.3 Å². The van der Waals surface area contributed by atoms with Crippen molar-refractivity contribution in [2.45, 2.75) is 31.7 Å². The topological polar surface area (TPSA) is 70.6 Å². The molecule has 2 aliphatic rings. The summed E-state index contributed by atoms with van der Waals surface area (Å²) in [5, 5.41) is -0.329. The molecule has 1 atom stereocenters. The van der Waals surface area contributed by atoms with E-state index in [1.807, 2.05) is 53.4 Å². The van der Waals surface area contributed by atoms with Crippen molar-refractivity contribution in [1.29, 1.82) is 0 Å². The van der Waals surface area contributed by atoms with E-state index in [0.717, 1.165) is 42.2 Å². The van der Waals surface area contributed by atoms with Crippen molar-refractivity contribution >= 4 is 34.9 Å². The van der Waals surface area contributed by atoms with Crippen molar-refractivity contribution in [1.82, 2.24) is 14.8 Å². The molecule has 0 aliphatic carbocycles. The summed E-state index contributed by atoms with van der Waals surface area (Å²) in [6, 6.07) is 13.6. The zero-order chi connectivity index (χ0) is 22.3. The SMILES string of the molecule is O=C1S/C(=C\C=C\c2ccccc2)C(=O)N1CCC(=O)N1CCCC[C@@H]1c1cccnc1. The van der Waals surface area contributed by atoms with Crippen molar-refractivity contribution in [2.75, 3.05) is 13.1 Å². The van der Waals surface area contributed by atoms with Crippen molar-refractivity contribution < 1.29 is 14.4 Å². The lowest BCUT2D eigenvalue weighted by Crippen LogP contribution is -2.40. The number of allylic oxidation sites excluding steroid dienone is 2. The molecule has 2 fully saturated rings. The molecule has 7 heteroatoms. The molecule has 0 unspecified atom stereocenters. The Morgan fingerprint density at radius 3 is 2.75 bits per heavy atom. The average molecular weight is 448 g/mol. The number of thioether (sulfide) groups is 1. The third-order valence-electron chi connectivity index (χ3n) is 5.65. The Kier molecular flexibility index (Phi) is 7.17. The molecule has 0 spiro atoms. The molecule has 1 aromatic heterocycles. The number of carbonyl (C=O) groups excluding carboxylic acids is 3. The van der Waals surface area contributed by atoms with Crippen molar-refractivity contribution in [3.63, 3.8) is 0 Å². The van der Waals surface area contributed by atoms with Crippen LogP contribution in [0.1, 0.15) is 42.9 Å². The standard InChI is InChI=1S/C25H25N3O3S/c29-23(27-16-5-4-12-21(27)20-11-7-15-26-18-20)14-17-28-24(30)22(32-25(28)31)13-6-10-19-8-2-1-3-9-19/h1-3,6-11,13,15,18,21H,4-5,12,14,16-17H2/b10-6+,22-13-/t21-/m1/s1. The second-order valence-electron chi connectivity index (χ2n) is 7.76. The van der Waals surface area contributed by atoms with E-state index in [0.29, 0.717) is 11.4 Å². The predicted molar refractivity (Wildman–Crippen MR) is 125 cm³/mol. The zero-order valence-electron chi connectivity index (χ0n) is 17.7. The van der Waals surface area contributed by atoms with Crippen LogP contribution in [0.4, 0.5) is 4.79 Å². The van der Waals surface area contributed by atoms with E-state index in [-0.39, 0.29) is 36.1 Å². The van der Waals surface area contributed by atoms with Crippen LogP contribution in [0.2, 0.25) is 0 Å². The number of amides is 3. The van der Waals surface area contributed by atoms with Crippen LogP contribution in [0.15, 0.2) is 71.9 Å². The highest BCUT2D eigenvalue weighted by molar-refractivity contribution is 8.18. The molecule has 0 saturated carbocycles. The second-order valence-corrected chi connectivity index (χ2v) is 8.75. The number of piperidine rings is 1. The summed E-state index contributed by atoms with van der Waals surface area (Å²) in [5.41, 5.74) is 2.04. The Morgan fingerprint density at radius 1 is 1.12 bits per heavy atom. The molecule has 2 saturated heterocycles. The maximum Gasteiger partial charge on any atom is 0.293 e. The maximum atomic E-state index is 13.0. The monoisotopic (exact) mass is 447 g/mol. The van der Waals surface area contributed by atoms with Crippen LogP contribution in [-0.2, 0) is 9.59 Å². The lowest BCUT2D eigenvalue weighted by Gasteiger charge is -2.36. The Labute approximate surface area is 192 Å². The Balaban J connectivity index is 1.37. The van der Waals surface area contributed by atoms with Gasteiger partial charge in [0, 0.05) is 31.9 Å². The van der Waals surface area contributed by atoms with Gasteiger partial charge in [0.15, 0.2) is 0 Å². The van der Waals surface area contributed by atoms with Gasteiger partial charge in [0.25, 0.3) is 11.1 Å². The van der Waals surface area contributed by atoms with Crippen LogP contribution in [0.5, 0.6) is 0 Å². The third kappa shape index (κ3) is 5.16. The van der Waals surface area contributed by atoms with Crippen LogP contribution >= 0.6 is 11.8 Å². The molecule has 0 bridgehead atoms. The van der Waals surface area contributed by atoms with E-state index in [2.05, 4.69) is 4.98 Å². The normalized spacial score (nSPS) is 20.5. The van der Waals surface area contributed by atoms with Gasteiger partial charge in [0.05, 0.1) is 10.9 Å². The quantitative estimate of drug-likeness (QED) is 0.594. The van der Waals surface area contributed by atoms with Gasteiger partial charge in [-0.25, -0.2) is 0 Å². The fourth-order valence-electron chi connectivity index (χ4n) is 4.02. The van der Waals surface area contributed by atoms with E-state index in [9.17, 15) is 14.4 Å². The van der Waals surface area contributed by atoms with Crippen LogP contribution in [0.3, 0.4) is 0 Å². The van der Waals surface area contributed by atoms with Crippen LogP contribution in [0.25, 0.3) is 6.08 Å². The van der Waals surface area contributed by atoms with E-state index in [1.165, 1.54) is 4.90 Å². The number of nitrogens with zero attached hydrogens (tertiary/aromatic N) is 3. The molecule has 3 heterocycles. The summed E-state index contributed by atoms with van der Waals surface area (Å²) in [4.78, 5) is 45.6. The lowest BCUT2D eigenvalue weighted by molar-refractivity contribution is -0.135. The molecule has 0 radical (unpaired) electrons. The minimum atomic E-state index is -0.340. The molecule has 164 valence electrons. The predicted octanol–water partition coefficient (Wildman–Crippen LogP) is 4.82. The van der Waals surface area contributed by atoms with Gasteiger partial charge in [-0.15, -0.1) is 0 Å². The first kappa shape index (κ1) is 22.0. The summed E-state index contributed by atoms with van der Waals surface area (Å²) >= 11 is 0.916. The molecule has 6 nitrogen and oxygen atoms in total. The number of aromatic nitrogens is 1. The van der Waals surface area contributed by atoms with E-state index in [4.69, 9.17) is 0 Å². The van der Waals surface area contributed by atoms with Crippen LogP contribution in [0, 0.1) is 0 Å². The minimum Gasteiger partial charge on any atom is -0.336 e. The van der Waals surface area contributed by atoms with Crippen molar-refractivity contribution in [3.05, 3.63) is 83.0 Å². The summed E-state index contributed by atoms with van der Waals surface area (Å²) in [7, 11) is 0. The van der Waals surface area contributed by atoms with Gasteiger partial charge in [0.2, 0.25) is 5.91 Å². The van der Waals surface area contributed by atoms with E-state index < -0.39 is 0 Å². The number of carbonyl (C=O) groups is 3. The molecule has 2 aliphatic heterocycles. The molecule has 4 rings (SSSR count). The summed E-state index contributed by atoms with van der Waals surface area (Å²) in [6.45, 7) is 0.782. The number of rotatable bonds is 6. The fourth-order valence-corrected chi connectivity index (χ4v) is 4.84. The van der Waals surface area contributed by atoms with E-state index in [1.54, 1.807) is 24.5 Å². The molecule has 32 heavy (non-hydrogen) atoms.